The van der Waals surface area contributed by atoms with Crippen LogP contribution in [-0.4, -0.2) is 25.0 Å². The first-order valence-electron chi connectivity index (χ1n) is 6.59. The van der Waals surface area contributed by atoms with Crippen LogP contribution in [0.3, 0.4) is 0 Å². The van der Waals surface area contributed by atoms with Gasteiger partial charge >= 0.3 is 0 Å². The smallest absolute Gasteiger partial charge is 0.254 e. The Bertz CT molecular complexity index is 638. The summed E-state index contributed by atoms with van der Waals surface area (Å²) in [6.45, 7) is 2.44. The van der Waals surface area contributed by atoms with E-state index in [9.17, 15) is 10.0 Å². The molecule has 0 radical (unpaired) electrons. The molecule has 110 valence electrons. The van der Waals surface area contributed by atoms with Crippen LogP contribution in [0.1, 0.15) is 21.5 Å². The first kappa shape index (κ1) is 14.8. The molecule has 0 bridgehead atoms. The minimum atomic E-state index is -0.140. The van der Waals surface area contributed by atoms with Crippen molar-refractivity contribution in [3.63, 3.8) is 0 Å². The van der Waals surface area contributed by atoms with Crippen LogP contribution in [0.25, 0.3) is 0 Å². The van der Waals surface area contributed by atoms with Gasteiger partial charge in [0, 0.05) is 31.3 Å². The molecule has 0 aliphatic carbocycles. The number of hydrogen-bond donors (Lipinski definition) is 0. The van der Waals surface area contributed by atoms with E-state index in [0.717, 1.165) is 16.9 Å². The third-order valence-electron chi connectivity index (χ3n) is 3.24. The van der Waals surface area contributed by atoms with Crippen LogP contribution in [0, 0.1) is 12.1 Å². The number of hydrogen-bond acceptors (Lipinski definition) is 3. The average molecular weight is 286 g/mol. The van der Waals surface area contributed by atoms with Crippen LogP contribution in [0.4, 0.5) is 0 Å². The van der Waals surface area contributed by atoms with Gasteiger partial charge in [0.2, 0.25) is 0 Å². The predicted molar refractivity (Wildman–Crippen MR) is 78.9 cm³/mol. The molecule has 0 fully saturated rings. The summed E-state index contributed by atoms with van der Waals surface area (Å²) in [4.78, 5) is 13.9. The van der Waals surface area contributed by atoms with Gasteiger partial charge in [-0.2, -0.15) is 4.73 Å². The molecule has 0 aliphatic heterocycles. The minimum absolute atomic E-state index is 0.140. The van der Waals surface area contributed by atoms with Gasteiger partial charge in [-0.1, -0.05) is 17.7 Å². The number of benzene rings is 1. The molecule has 0 atom stereocenters. The monoisotopic (exact) mass is 286 g/mol. The molecule has 5 heteroatoms. The summed E-state index contributed by atoms with van der Waals surface area (Å²) in [5, 5.41) is 11.0. The van der Waals surface area contributed by atoms with Gasteiger partial charge in [0.1, 0.15) is 5.75 Å². The quantitative estimate of drug-likeness (QED) is 0.637. The number of rotatable bonds is 4. The number of pyridine rings is 1. The van der Waals surface area contributed by atoms with E-state index in [1.54, 1.807) is 19.1 Å². The fourth-order valence-electron chi connectivity index (χ4n) is 2.13. The third kappa shape index (κ3) is 3.51. The van der Waals surface area contributed by atoms with E-state index in [-0.39, 0.29) is 5.91 Å². The molecule has 1 aromatic carbocycles. The van der Waals surface area contributed by atoms with Gasteiger partial charge in [-0.25, -0.2) is 0 Å². The number of aryl methyl sites for hydroxylation is 1. The summed E-state index contributed by atoms with van der Waals surface area (Å²) in [6, 6.07) is 8.89. The van der Waals surface area contributed by atoms with Crippen molar-refractivity contribution in [1.29, 1.82) is 0 Å². The van der Waals surface area contributed by atoms with E-state index in [2.05, 4.69) is 0 Å². The fraction of sp³-hybridized carbons (Fsp3) is 0.250. The topological polar surface area (TPSA) is 56.5 Å². The van der Waals surface area contributed by atoms with Gasteiger partial charge in [-0.3, -0.25) is 4.79 Å². The summed E-state index contributed by atoms with van der Waals surface area (Å²) in [5.74, 6) is 0.616. The Morgan fingerprint density at radius 2 is 1.95 bits per heavy atom. The number of aromatic nitrogens is 1. The highest BCUT2D eigenvalue weighted by atomic mass is 16.5. The third-order valence-corrected chi connectivity index (χ3v) is 3.24. The van der Waals surface area contributed by atoms with Crippen molar-refractivity contribution < 1.29 is 14.3 Å². The molecule has 2 aromatic rings. The number of nitrogens with zero attached hydrogens (tertiary/aromatic N) is 2. The molecule has 0 saturated heterocycles. The minimum Gasteiger partial charge on any atom is -0.619 e. The largest absolute Gasteiger partial charge is 0.619 e. The summed E-state index contributed by atoms with van der Waals surface area (Å²) in [7, 11) is 3.34. The lowest BCUT2D eigenvalue weighted by molar-refractivity contribution is -0.605. The van der Waals surface area contributed by atoms with E-state index in [1.165, 1.54) is 24.5 Å². The normalized spacial score (nSPS) is 10.2. The highest BCUT2D eigenvalue weighted by Gasteiger charge is 2.15. The van der Waals surface area contributed by atoms with Gasteiger partial charge in [0.25, 0.3) is 5.91 Å². The zero-order valence-corrected chi connectivity index (χ0v) is 12.4. The number of ether oxygens (including phenoxy) is 1. The molecule has 0 saturated carbocycles. The second-order valence-electron chi connectivity index (χ2n) is 4.92. The zero-order chi connectivity index (χ0) is 15.4. The standard InChI is InChI=1S/C16H18N2O3/c1-12-4-5-15(21-3)14(10-12)11-17(2)16(19)13-6-8-18(20)9-7-13/h4-10H,11H2,1-3H3. The summed E-state index contributed by atoms with van der Waals surface area (Å²) in [6.07, 6.45) is 2.63. The van der Waals surface area contributed by atoms with Gasteiger partial charge in [-0.15, -0.1) is 0 Å². The molecule has 2 rings (SSSR count). The van der Waals surface area contributed by atoms with E-state index in [0.29, 0.717) is 16.8 Å². The lowest BCUT2D eigenvalue weighted by atomic mass is 10.1. The first-order valence-corrected chi connectivity index (χ1v) is 6.59. The van der Waals surface area contributed by atoms with E-state index < -0.39 is 0 Å². The SMILES string of the molecule is COc1ccc(C)cc1CN(C)C(=O)c1cc[n+]([O-])cc1. The van der Waals surface area contributed by atoms with Crippen molar-refractivity contribution in [1.82, 2.24) is 4.90 Å². The second-order valence-corrected chi connectivity index (χ2v) is 4.92. The highest BCUT2D eigenvalue weighted by Crippen LogP contribution is 2.21. The van der Waals surface area contributed by atoms with Gasteiger partial charge < -0.3 is 14.8 Å². The maximum Gasteiger partial charge on any atom is 0.254 e. The van der Waals surface area contributed by atoms with Crippen molar-refractivity contribution in [2.75, 3.05) is 14.2 Å². The van der Waals surface area contributed by atoms with Crippen molar-refractivity contribution in [3.8, 4) is 5.75 Å². The molecule has 1 aromatic heterocycles. The van der Waals surface area contributed by atoms with Crippen LogP contribution in [0.2, 0.25) is 0 Å². The molecule has 21 heavy (non-hydrogen) atoms. The van der Waals surface area contributed by atoms with Gasteiger partial charge in [0.15, 0.2) is 12.4 Å². The number of methoxy groups -OCH3 is 1. The molecular weight excluding hydrogens is 268 g/mol. The van der Waals surface area contributed by atoms with E-state index >= 15 is 0 Å². The maximum absolute atomic E-state index is 12.3. The molecule has 0 aliphatic rings. The average Bonchev–Trinajstić information content (AvgIpc) is 2.47. The summed E-state index contributed by atoms with van der Waals surface area (Å²) in [5.41, 5.74) is 2.54. The fourth-order valence-corrected chi connectivity index (χ4v) is 2.13. The van der Waals surface area contributed by atoms with Crippen LogP contribution in [-0.2, 0) is 6.54 Å². The Kier molecular flexibility index (Phi) is 4.42. The van der Waals surface area contributed by atoms with E-state index in [4.69, 9.17) is 4.74 Å². The Labute approximate surface area is 124 Å². The molecule has 0 spiro atoms. The van der Waals surface area contributed by atoms with Crippen LogP contribution in [0.15, 0.2) is 42.7 Å². The molecule has 1 heterocycles. The molecule has 0 unspecified atom stereocenters. The van der Waals surface area contributed by atoms with Crippen molar-refractivity contribution in [2.45, 2.75) is 13.5 Å². The zero-order valence-electron chi connectivity index (χ0n) is 12.4. The second kappa shape index (κ2) is 6.26. The lowest BCUT2D eigenvalue weighted by Crippen LogP contribution is -2.29. The summed E-state index contributed by atoms with van der Waals surface area (Å²) >= 11 is 0. The van der Waals surface area contributed by atoms with Crippen molar-refractivity contribution in [2.24, 2.45) is 0 Å². The van der Waals surface area contributed by atoms with Crippen molar-refractivity contribution in [3.05, 3.63) is 64.6 Å². The van der Waals surface area contributed by atoms with Crippen LogP contribution in [0.5, 0.6) is 5.75 Å². The first-order chi connectivity index (χ1) is 10.0. The maximum atomic E-state index is 12.3. The number of carbonyl (C=O) groups excluding carboxylic acids is 1. The number of carbonyl (C=O) groups is 1. The highest BCUT2D eigenvalue weighted by molar-refractivity contribution is 5.93. The van der Waals surface area contributed by atoms with Gasteiger partial charge in [0.05, 0.1) is 12.7 Å². The Morgan fingerprint density at radius 1 is 1.29 bits per heavy atom. The molecule has 0 N–H and O–H groups in total. The molecule has 1 amide bonds. The van der Waals surface area contributed by atoms with E-state index in [1.807, 2.05) is 25.1 Å². The predicted octanol–water partition coefficient (Wildman–Crippen LogP) is 1.91. The Morgan fingerprint density at radius 3 is 2.57 bits per heavy atom. The Hall–Kier alpha value is -2.56. The van der Waals surface area contributed by atoms with Crippen LogP contribution < -0.4 is 9.47 Å². The molecular formula is C16H18N2O3. The number of amides is 1. The van der Waals surface area contributed by atoms with Crippen molar-refractivity contribution >= 4 is 5.91 Å². The van der Waals surface area contributed by atoms with Crippen LogP contribution >= 0.6 is 0 Å². The lowest BCUT2D eigenvalue weighted by Gasteiger charge is -2.19. The molecule has 5 nitrogen and oxygen atoms in total. The Balaban J connectivity index is 2.17. The van der Waals surface area contributed by atoms with Gasteiger partial charge in [-0.05, 0) is 13.0 Å². The summed E-state index contributed by atoms with van der Waals surface area (Å²) < 4.78 is 5.97.